The number of nitrogens with zero attached hydrogens (tertiary/aromatic N) is 2. The van der Waals surface area contributed by atoms with Gasteiger partial charge in [0.05, 0.1) is 20.8 Å². The summed E-state index contributed by atoms with van der Waals surface area (Å²) in [6, 6.07) is 4.55. The first kappa shape index (κ1) is 20.9. The highest BCUT2D eigenvalue weighted by Crippen LogP contribution is 2.30. The zero-order valence-electron chi connectivity index (χ0n) is 16.8. The van der Waals surface area contributed by atoms with Crippen molar-refractivity contribution >= 4 is 41.0 Å². The monoisotopic (exact) mass is 418 g/mol. The topological polar surface area (TPSA) is 88.0 Å². The van der Waals surface area contributed by atoms with Gasteiger partial charge in [0.25, 0.3) is 5.91 Å². The number of nitrogens with one attached hydrogen (secondary N) is 1. The second kappa shape index (κ2) is 8.69. The number of rotatable bonds is 7. The highest BCUT2D eigenvalue weighted by molar-refractivity contribution is 8.04. The van der Waals surface area contributed by atoms with Crippen LogP contribution in [0.3, 0.4) is 0 Å². The molecule has 0 bridgehead atoms. The summed E-state index contributed by atoms with van der Waals surface area (Å²) in [5, 5.41) is 4.06. The number of urea groups is 1. The van der Waals surface area contributed by atoms with Crippen LogP contribution in [0.5, 0.6) is 11.5 Å². The predicted molar refractivity (Wildman–Crippen MR) is 111 cm³/mol. The van der Waals surface area contributed by atoms with E-state index in [4.69, 9.17) is 9.47 Å². The minimum Gasteiger partial charge on any atom is -0.493 e. The molecule has 1 unspecified atom stereocenters. The van der Waals surface area contributed by atoms with Crippen LogP contribution >= 0.6 is 11.8 Å². The summed E-state index contributed by atoms with van der Waals surface area (Å²) in [5.74, 6) is 0.557. The maximum absolute atomic E-state index is 12.9. The highest BCUT2D eigenvalue weighted by atomic mass is 32.2. The molecule has 29 heavy (non-hydrogen) atoms. The Balaban J connectivity index is 1.81. The van der Waals surface area contributed by atoms with Gasteiger partial charge in [0.2, 0.25) is 0 Å². The van der Waals surface area contributed by atoms with Gasteiger partial charge in [0.1, 0.15) is 5.71 Å². The van der Waals surface area contributed by atoms with Crippen LogP contribution in [0.25, 0.3) is 0 Å². The van der Waals surface area contributed by atoms with Gasteiger partial charge in [-0.05, 0) is 29.5 Å². The van der Waals surface area contributed by atoms with Crippen LogP contribution in [0, 0.1) is 5.92 Å². The van der Waals surface area contributed by atoms with Crippen molar-refractivity contribution in [2.45, 2.75) is 19.1 Å². The molecule has 1 N–H and O–H groups in total. The average Bonchev–Trinajstić information content (AvgIpc) is 3.18. The maximum Gasteiger partial charge on any atom is 0.501 e. The van der Waals surface area contributed by atoms with Crippen LogP contribution < -0.4 is 14.8 Å². The summed E-state index contributed by atoms with van der Waals surface area (Å²) < 4.78 is 11.8. The molecule has 0 radical (unpaired) electrons. The first-order chi connectivity index (χ1) is 13.8. The summed E-state index contributed by atoms with van der Waals surface area (Å²) in [7, 11) is 3.04. The SMILES string of the molecule is COc1ccc(NC(=O)C[N+]2=C3C=CSC3C(=O)N(CC(C)C)C2=O)cc1OC. The second-order valence-corrected chi connectivity index (χ2v) is 8.09. The fraction of sp³-hybridized carbons (Fsp3) is 0.400. The molecule has 2 aliphatic rings. The third-order valence-corrected chi connectivity index (χ3v) is 5.51. The Morgan fingerprint density at radius 1 is 1.24 bits per heavy atom. The molecular formula is C20H24N3O5S+. The van der Waals surface area contributed by atoms with Gasteiger partial charge in [0.15, 0.2) is 23.3 Å². The Bertz CT molecular complexity index is 909. The number of hydrogen-bond acceptors (Lipinski definition) is 6. The molecule has 4 amide bonds. The second-order valence-electron chi connectivity index (χ2n) is 7.07. The quantitative estimate of drug-likeness (QED) is 0.684. The molecule has 0 aromatic heterocycles. The van der Waals surface area contributed by atoms with Crippen LogP contribution in [0.1, 0.15) is 13.8 Å². The predicted octanol–water partition coefficient (Wildman–Crippen LogP) is 2.34. The number of carbonyl (C=O) groups is 3. The number of thioether (sulfide) groups is 1. The fourth-order valence-corrected chi connectivity index (χ4v) is 4.17. The summed E-state index contributed by atoms with van der Waals surface area (Å²) in [6.07, 6.45) is 1.72. The number of imide groups is 1. The van der Waals surface area contributed by atoms with Gasteiger partial charge in [-0.2, -0.15) is 14.3 Å². The van der Waals surface area contributed by atoms with Crippen LogP contribution in [-0.4, -0.2) is 65.6 Å². The number of fused-ring (bicyclic) bond motifs is 1. The van der Waals surface area contributed by atoms with E-state index in [0.29, 0.717) is 29.4 Å². The molecule has 154 valence electrons. The third kappa shape index (κ3) is 4.29. The van der Waals surface area contributed by atoms with E-state index in [2.05, 4.69) is 5.32 Å². The third-order valence-electron chi connectivity index (χ3n) is 4.50. The zero-order valence-corrected chi connectivity index (χ0v) is 17.6. The van der Waals surface area contributed by atoms with Crippen molar-refractivity contribution in [3.63, 3.8) is 0 Å². The lowest BCUT2D eigenvalue weighted by Crippen LogP contribution is -2.57. The summed E-state index contributed by atoms with van der Waals surface area (Å²) in [4.78, 5) is 39.5. The number of methoxy groups -OCH3 is 2. The minimum absolute atomic E-state index is 0.131. The van der Waals surface area contributed by atoms with Crippen molar-refractivity contribution < 1.29 is 28.4 Å². The van der Waals surface area contributed by atoms with Crippen molar-refractivity contribution in [3.05, 3.63) is 29.7 Å². The van der Waals surface area contributed by atoms with Crippen LogP contribution in [-0.2, 0) is 9.59 Å². The molecular weight excluding hydrogens is 394 g/mol. The molecule has 8 nitrogen and oxygen atoms in total. The smallest absolute Gasteiger partial charge is 0.493 e. The molecule has 0 aliphatic carbocycles. The summed E-state index contributed by atoms with van der Waals surface area (Å²) >= 11 is 1.35. The number of amides is 4. The molecule has 1 aromatic carbocycles. The lowest BCUT2D eigenvalue weighted by molar-refractivity contribution is -0.426. The Morgan fingerprint density at radius 2 is 1.97 bits per heavy atom. The van der Waals surface area contributed by atoms with Crippen LogP contribution in [0.2, 0.25) is 0 Å². The summed E-state index contributed by atoms with van der Waals surface area (Å²) in [6.45, 7) is 4.00. The first-order valence-electron chi connectivity index (χ1n) is 9.19. The van der Waals surface area contributed by atoms with Gasteiger partial charge >= 0.3 is 11.9 Å². The Labute approximate surface area is 173 Å². The summed E-state index contributed by atoms with van der Waals surface area (Å²) in [5.41, 5.74) is 1.07. The number of allylic oxidation sites excluding steroid dienone is 1. The van der Waals surface area contributed by atoms with Crippen molar-refractivity contribution in [1.82, 2.24) is 4.90 Å². The normalized spacial score (nSPS) is 18.4. The van der Waals surface area contributed by atoms with E-state index < -0.39 is 11.3 Å². The maximum atomic E-state index is 12.9. The van der Waals surface area contributed by atoms with Gasteiger partial charge in [-0.1, -0.05) is 13.8 Å². The number of hydrogen-bond donors (Lipinski definition) is 1. The van der Waals surface area contributed by atoms with Gasteiger partial charge in [0, 0.05) is 11.8 Å². The van der Waals surface area contributed by atoms with Gasteiger partial charge in [-0.3, -0.25) is 4.79 Å². The molecule has 0 saturated carbocycles. The van der Waals surface area contributed by atoms with E-state index in [-0.39, 0.29) is 24.3 Å². The molecule has 0 fully saturated rings. The largest absolute Gasteiger partial charge is 0.501 e. The van der Waals surface area contributed by atoms with E-state index in [9.17, 15) is 14.4 Å². The van der Waals surface area contributed by atoms with E-state index in [0.717, 1.165) is 0 Å². The van der Waals surface area contributed by atoms with Crippen molar-refractivity contribution in [1.29, 1.82) is 0 Å². The number of carbonyl (C=O) groups excluding carboxylic acids is 3. The van der Waals surface area contributed by atoms with Crippen LogP contribution in [0.4, 0.5) is 10.5 Å². The number of anilines is 1. The van der Waals surface area contributed by atoms with Crippen molar-refractivity contribution in [2.75, 3.05) is 32.6 Å². The first-order valence-corrected chi connectivity index (χ1v) is 10.1. The van der Waals surface area contributed by atoms with E-state index in [1.807, 2.05) is 13.8 Å². The Hall–Kier alpha value is -2.81. The molecule has 0 spiro atoms. The number of ether oxygens (including phenoxy) is 2. The fourth-order valence-electron chi connectivity index (χ4n) is 3.20. The molecule has 1 aromatic rings. The van der Waals surface area contributed by atoms with E-state index in [1.54, 1.807) is 29.7 Å². The van der Waals surface area contributed by atoms with Gasteiger partial charge in [-0.25, -0.2) is 4.79 Å². The molecule has 1 atom stereocenters. The van der Waals surface area contributed by atoms with Crippen molar-refractivity contribution in [2.24, 2.45) is 5.92 Å². The van der Waals surface area contributed by atoms with E-state index >= 15 is 0 Å². The van der Waals surface area contributed by atoms with Gasteiger partial charge < -0.3 is 14.8 Å². The van der Waals surface area contributed by atoms with Gasteiger partial charge in [-0.15, -0.1) is 11.8 Å². The molecule has 3 rings (SSSR count). The van der Waals surface area contributed by atoms with Crippen molar-refractivity contribution in [3.8, 4) is 11.5 Å². The van der Waals surface area contributed by atoms with Crippen LogP contribution in [0.15, 0.2) is 29.7 Å². The standard InChI is InChI=1S/C20H23N3O5S/c1-12(2)10-23-19(25)18-14(7-8-29-18)22(20(23)26)11-17(24)21-13-5-6-15(27-3)16(9-13)28-4/h5-9,12,18H,10-11H2,1-4H3/p+1. The Morgan fingerprint density at radius 3 is 2.62 bits per heavy atom. The molecule has 2 aliphatic heterocycles. The molecule has 9 heteroatoms. The molecule has 0 saturated heterocycles. The average molecular weight is 418 g/mol. The molecule has 2 heterocycles. The Kier molecular flexibility index (Phi) is 6.26. The lowest BCUT2D eigenvalue weighted by atomic mass is 10.1. The highest BCUT2D eigenvalue weighted by Gasteiger charge is 2.49. The van der Waals surface area contributed by atoms with E-state index in [1.165, 1.54) is 35.5 Å². The zero-order chi connectivity index (χ0) is 21.1. The number of benzene rings is 1. The minimum atomic E-state index is -0.486. The lowest BCUT2D eigenvalue weighted by Gasteiger charge is -2.25.